The second-order valence-electron chi connectivity index (χ2n) is 6.71. The van der Waals surface area contributed by atoms with E-state index in [2.05, 4.69) is 4.90 Å². The van der Waals surface area contributed by atoms with Crippen molar-refractivity contribution in [3.05, 3.63) is 71.3 Å². The number of fused-ring (bicyclic) bond motifs is 1. The maximum atomic E-state index is 13.1. The highest BCUT2D eigenvalue weighted by molar-refractivity contribution is 8.13. The zero-order chi connectivity index (χ0) is 19.5. The zero-order valence-electron chi connectivity index (χ0n) is 15.8. The average molecular weight is 394 g/mol. The summed E-state index contributed by atoms with van der Waals surface area (Å²) < 4.78 is 5.46. The van der Waals surface area contributed by atoms with Gasteiger partial charge >= 0.3 is 5.97 Å². The predicted molar refractivity (Wildman–Crippen MR) is 115 cm³/mol. The molecule has 1 unspecified atom stereocenters. The lowest BCUT2D eigenvalue weighted by Crippen LogP contribution is -2.42. The minimum Gasteiger partial charge on any atom is -0.463 e. The molecule has 0 bridgehead atoms. The van der Waals surface area contributed by atoms with Crippen LogP contribution in [0, 0.1) is 0 Å². The lowest BCUT2D eigenvalue weighted by molar-refractivity contribution is -0.139. The number of aliphatic imine (C=N–C) groups is 1. The number of hydrogen-bond acceptors (Lipinski definition) is 6. The van der Waals surface area contributed by atoms with Crippen LogP contribution in [0.4, 0.5) is 5.69 Å². The predicted octanol–water partition coefficient (Wildman–Crippen LogP) is 4.09. The van der Waals surface area contributed by atoms with Crippen LogP contribution < -0.4 is 5.73 Å². The number of benzene rings is 2. The highest BCUT2D eigenvalue weighted by Crippen LogP contribution is 2.42. The minimum absolute atomic E-state index is 0.241. The second kappa shape index (κ2) is 8.10. The van der Waals surface area contributed by atoms with Crippen LogP contribution in [0.2, 0.25) is 0 Å². The summed E-state index contributed by atoms with van der Waals surface area (Å²) in [7, 11) is 0. The van der Waals surface area contributed by atoms with Gasteiger partial charge < -0.3 is 15.4 Å². The average Bonchev–Trinajstić information content (AvgIpc) is 2.74. The molecule has 6 heteroatoms. The molecule has 0 aromatic heterocycles. The van der Waals surface area contributed by atoms with Crippen LogP contribution in [0.1, 0.15) is 30.5 Å². The Labute approximate surface area is 169 Å². The van der Waals surface area contributed by atoms with Gasteiger partial charge in [0.2, 0.25) is 0 Å². The van der Waals surface area contributed by atoms with Gasteiger partial charge in [0.25, 0.3) is 0 Å². The first kappa shape index (κ1) is 18.6. The van der Waals surface area contributed by atoms with E-state index in [0.717, 1.165) is 35.0 Å². The molecular formula is C22H23N3O2S. The molecular weight excluding hydrogens is 370 g/mol. The SMILES string of the molecule is CCOC(=O)C1=C(c2ccccc2)N=C2SCCCN2C1c1ccc(N)cc1. The summed E-state index contributed by atoms with van der Waals surface area (Å²) in [6.07, 6.45) is 1.05. The first-order chi connectivity index (χ1) is 13.7. The van der Waals surface area contributed by atoms with Gasteiger partial charge in [0.15, 0.2) is 5.17 Å². The zero-order valence-corrected chi connectivity index (χ0v) is 16.6. The van der Waals surface area contributed by atoms with Crippen molar-refractivity contribution >= 4 is 34.3 Å². The molecule has 2 aromatic carbocycles. The Hall–Kier alpha value is -2.73. The molecule has 0 radical (unpaired) electrons. The molecule has 0 aliphatic carbocycles. The number of nitrogen functional groups attached to an aromatic ring is 1. The summed E-state index contributed by atoms with van der Waals surface area (Å²) in [6.45, 7) is 3.00. The maximum Gasteiger partial charge on any atom is 0.338 e. The molecule has 0 amide bonds. The van der Waals surface area contributed by atoms with E-state index in [9.17, 15) is 4.79 Å². The minimum atomic E-state index is -0.318. The molecule has 2 aliphatic heterocycles. The third-order valence-electron chi connectivity index (χ3n) is 4.86. The number of amidine groups is 1. The van der Waals surface area contributed by atoms with Crippen LogP contribution in [0.25, 0.3) is 5.70 Å². The number of esters is 1. The Balaban J connectivity index is 1.93. The number of carbonyl (C=O) groups is 1. The van der Waals surface area contributed by atoms with Crippen LogP contribution in [-0.2, 0) is 9.53 Å². The molecule has 0 saturated carbocycles. The monoisotopic (exact) mass is 393 g/mol. The second-order valence-corrected chi connectivity index (χ2v) is 7.77. The van der Waals surface area contributed by atoms with Crippen molar-refractivity contribution in [3.63, 3.8) is 0 Å². The van der Waals surface area contributed by atoms with Crippen LogP contribution in [0.5, 0.6) is 0 Å². The van der Waals surface area contributed by atoms with E-state index >= 15 is 0 Å². The van der Waals surface area contributed by atoms with E-state index in [1.807, 2.05) is 61.5 Å². The summed E-state index contributed by atoms with van der Waals surface area (Å²) >= 11 is 1.74. The largest absolute Gasteiger partial charge is 0.463 e. The summed E-state index contributed by atoms with van der Waals surface area (Å²) in [5.74, 6) is 0.710. The molecule has 144 valence electrons. The van der Waals surface area contributed by atoms with Gasteiger partial charge in [0.1, 0.15) is 0 Å². The van der Waals surface area contributed by atoms with Crippen LogP contribution in [-0.4, -0.2) is 34.9 Å². The van der Waals surface area contributed by atoms with E-state index in [1.54, 1.807) is 11.8 Å². The Bertz CT molecular complexity index is 923. The number of carbonyl (C=O) groups excluding carboxylic acids is 1. The van der Waals surface area contributed by atoms with Crippen molar-refractivity contribution in [2.45, 2.75) is 19.4 Å². The summed E-state index contributed by atoms with van der Waals surface area (Å²) in [5.41, 5.74) is 9.82. The van der Waals surface area contributed by atoms with Crippen LogP contribution in [0.3, 0.4) is 0 Å². The maximum absolute atomic E-state index is 13.1. The molecule has 1 atom stereocenters. The van der Waals surface area contributed by atoms with Gasteiger partial charge in [-0.1, -0.05) is 54.2 Å². The Morgan fingerprint density at radius 3 is 2.68 bits per heavy atom. The van der Waals surface area contributed by atoms with E-state index in [0.29, 0.717) is 23.6 Å². The van der Waals surface area contributed by atoms with Gasteiger partial charge in [-0.2, -0.15) is 0 Å². The normalized spacial score (nSPS) is 19.1. The first-order valence-electron chi connectivity index (χ1n) is 9.49. The third kappa shape index (κ3) is 3.52. The smallest absolute Gasteiger partial charge is 0.338 e. The highest BCUT2D eigenvalue weighted by Gasteiger charge is 2.39. The van der Waals surface area contributed by atoms with Crippen LogP contribution in [0.15, 0.2) is 65.2 Å². The molecule has 4 rings (SSSR count). The third-order valence-corrected chi connectivity index (χ3v) is 5.94. The standard InChI is InChI=1S/C22H23N3O2S/c1-2-27-21(26)18-19(15-7-4-3-5-8-15)24-22-25(13-6-14-28-22)20(18)16-9-11-17(23)12-10-16/h3-5,7-12,20H,2,6,13-14,23H2,1H3. The van der Waals surface area contributed by atoms with Gasteiger partial charge in [0, 0.05) is 23.5 Å². The Kier molecular flexibility index (Phi) is 5.39. The number of rotatable bonds is 4. The molecule has 2 heterocycles. The molecule has 2 aliphatic rings. The first-order valence-corrected chi connectivity index (χ1v) is 10.5. The van der Waals surface area contributed by atoms with Gasteiger partial charge in [0.05, 0.1) is 23.9 Å². The van der Waals surface area contributed by atoms with E-state index in [-0.39, 0.29) is 12.0 Å². The molecule has 0 spiro atoms. The number of thioether (sulfide) groups is 1. The fourth-order valence-electron chi connectivity index (χ4n) is 3.61. The molecule has 2 N–H and O–H groups in total. The van der Waals surface area contributed by atoms with Crippen molar-refractivity contribution in [3.8, 4) is 0 Å². The summed E-state index contributed by atoms with van der Waals surface area (Å²) in [5, 5.41) is 0.958. The van der Waals surface area contributed by atoms with Gasteiger partial charge in [-0.05, 0) is 31.0 Å². The Morgan fingerprint density at radius 2 is 1.96 bits per heavy atom. The van der Waals surface area contributed by atoms with E-state index in [1.165, 1.54) is 0 Å². The van der Waals surface area contributed by atoms with Gasteiger partial charge in [-0.25, -0.2) is 9.79 Å². The molecule has 1 fully saturated rings. The molecule has 5 nitrogen and oxygen atoms in total. The van der Waals surface area contributed by atoms with Crippen molar-refractivity contribution in [2.24, 2.45) is 4.99 Å². The fraction of sp³-hybridized carbons (Fsp3) is 0.273. The van der Waals surface area contributed by atoms with E-state index < -0.39 is 0 Å². The molecule has 1 saturated heterocycles. The summed E-state index contributed by atoms with van der Waals surface area (Å²) in [6, 6.07) is 17.4. The Morgan fingerprint density at radius 1 is 1.21 bits per heavy atom. The van der Waals surface area contributed by atoms with Crippen molar-refractivity contribution in [1.29, 1.82) is 0 Å². The number of nitrogens with two attached hydrogens (primary N) is 1. The number of hydrogen-bond donors (Lipinski definition) is 1. The summed E-state index contributed by atoms with van der Waals surface area (Å²) in [4.78, 5) is 20.2. The lowest BCUT2D eigenvalue weighted by atomic mass is 9.91. The topological polar surface area (TPSA) is 67.9 Å². The quantitative estimate of drug-likeness (QED) is 0.626. The number of nitrogens with zero attached hydrogens (tertiary/aromatic N) is 2. The highest BCUT2D eigenvalue weighted by atomic mass is 32.2. The van der Waals surface area contributed by atoms with Crippen molar-refractivity contribution < 1.29 is 9.53 Å². The number of ether oxygens (including phenoxy) is 1. The van der Waals surface area contributed by atoms with Crippen LogP contribution >= 0.6 is 11.8 Å². The van der Waals surface area contributed by atoms with Crippen molar-refractivity contribution in [2.75, 3.05) is 24.6 Å². The number of anilines is 1. The lowest BCUT2D eigenvalue weighted by Gasteiger charge is -2.41. The van der Waals surface area contributed by atoms with Gasteiger partial charge in [-0.3, -0.25) is 0 Å². The molecule has 28 heavy (non-hydrogen) atoms. The van der Waals surface area contributed by atoms with Crippen molar-refractivity contribution in [1.82, 2.24) is 4.90 Å². The van der Waals surface area contributed by atoms with E-state index in [4.69, 9.17) is 15.5 Å². The van der Waals surface area contributed by atoms with Gasteiger partial charge in [-0.15, -0.1) is 0 Å². The fourth-order valence-corrected chi connectivity index (χ4v) is 4.59. The molecule has 2 aromatic rings.